The Balaban J connectivity index is 1.85. The Kier molecular flexibility index (Phi) is 4.00. The van der Waals surface area contributed by atoms with Crippen LogP contribution in [0.2, 0.25) is 0 Å². The molecular weight excluding hydrogens is 186 g/mol. The fraction of sp³-hybridized carbons (Fsp3) is 1.00. The highest BCUT2D eigenvalue weighted by atomic mass is 15.2. The van der Waals surface area contributed by atoms with Gasteiger partial charge in [0.25, 0.3) is 0 Å². The van der Waals surface area contributed by atoms with E-state index in [1.165, 1.54) is 51.9 Å². The molecule has 2 aliphatic heterocycles. The molecule has 0 aromatic heterocycles. The topological polar surface area (TPSA) is 18.5 Å². The minimum Gasteiger partial charge on any atom is -0.317 e. The summed E-state index contributed by atoms with van der Waals surface area (Å²) in [7, 11) is 4.57. The number of hydrogen-bond donors (Lipinski definition) is 1. The molecule has 0 saturated carbocycles. The predicted octanol–water partition coefficient (Wildman–Crippen LogP) is 0.764. The number of nitrogens with zero attached hydrogens (tertiary/aromatic N) is 2. The molecule has 0 aromatic carbocycles. The highest BCUT2D eigenvalue weighted by Crippen LogP contribution is 2.19. The molecule has 2 fully saturated rings. The maximum absolute atomic E-state index is 3.49. The highest BCUT2D eigenvalue weighted by molar-refractivity contribution is 4.85. The molecule has 0 bridgehead atoms. The zero-order valence-electron chi connectivity index (χ0n) is 10.2. The lowest BCUT2D eigenvalue weighted by Gasteiger charge is -2.32. The van der Waals surface area contributed by atoms with Crippen LogP contribution in [0.1, 0.15) is 25.7 Å². The van der Waals surface area contributed by atoms with Crippen LogP contribution in [0.3, 0.4) is 0 Å². The van der Waals surface area contributed by atoms with Crippen LogP contribution in [0.25, 0.3) is 0 Å². The van der Waals surface area contributed by atoms with Gasteiger partial charge in [-0.2, -0.15) is 0 Å². The lowest BCUT2D eigenvalue weighted by Crippen LogP contribution is -2.41. The van der Waals surface area contributed by atoms with E-state index in [0.717, 1.165) is 12.1 Å². The smallest absolute Gasteiger partial charge is 0.0235 e. The van der Waals surface area contributed by atoms with Crippen molar-refractivity contribution in [2.24, 2.45) is 0 Å². The van der Waals surface area contributed by atoms with Crippen LogP contribution >= 0.6 is 0 Å². The third-order valence-electron chi connectivity index (χ3n) is 4.06. The molecule has 0 aromatic rings. The third kappa shape index (κ3) is 2.92. The van der Waals surface area contributed by atoms with Gasteiger partial charge in [0.15, 0.2) is 0 Å². The average Bonchev–Trinajstić information content (AvgIpc) is 2.53. The van der Waals surface area contributed by atoms with Crippen molar-refractivity contribution in [3.8, 4) is 0 Å². The van der Waals surface area contributed by atoms with Crippen LogP contribution in [0, 0.1) is 0 Å². The highest BCUT2D eigenvalue weighted by Gasteiger charge is 2.28. The minimum absolute atomic E-state index is 0.804. The van der Waals surface area contributed by atoms with Gasteiger partial charge in [-0.15, -0.1) is 0 Å². The van der Waals surface area contributed by atoms with E-state index >= 15 is 0 Å². The van der Waals surface area contributed by atoms with E-state index in [0.29, 0.717) is 0 Å². The summed E-state index contributed by atoms with van der Waals surface area (Å²) in [5.74, 6) is 0. The summed E-state index contributed by atoms with van der Waals surface area (Å²) in [6, 6.07) is 1.62. The van der Waals surface area contributed by atoms with Gasteiger partial charge in [-0.05, 0) is 59.4 Å². The minimum atomic E-state index is 0.804. The van der Waals surface area contributed by atoms with Crippen molar-refractivity contribution in [2.75, 3.05) is 40.3 Å². The Morgan fingerprint density at radius 1 is 1.13 bits per heavy atom. The molecular formula is C12H25N3. The van der Waals surface area contributed by atoms with E-state index in [2.05, 4.69) is 29.2 Å². The van der Waals surface area contributed by atoms with Gasteiger partial charge >= 0.3 is 0 Å². The first-order valence-electron chi connectivity index (χ1n) is 6.38. The Hall–Kier alpha value is -0.120. The molecule has 3 heteroatoms. The number of likely N-dealkylation sites (tertiary alicyclic amines) is 1. The van der Waals surface area contributed by atoms with E-state index in [-0.39, 0.29) is 0 Å². The summed E-state index contributed by atoms with van der Waals surface area (Å²) >= 11 is 0. The summed E-state index contributed by atoms with van der Waals surface area (Å²) in [4.78, 5) is 5.10. The number of rotatable bonds is 2. The molecule has 15 heavy (non-hydrogen) atoms. The second-order valence-electron chi connectivity index (χ2n) is 5.20. The average molecular weight is 211 g/mol. The van der Waals surface area contributed by atoms with Gasteiger partial charge in [0.1, 0.15) is 0 Å². The molecule has 2 aliphatic rings. The first-order chi connectivity index (χ1) is 7.27. The van der Waals surface area contributed by atoms with Crippen LogP contribution in [0.4, 0.5) is 0 Å². The lowest BCUT2D eigenvalue weighted by atomic mass is 10.1. The maximum atomic E-state index is 3.49. The molecule has 2 heterocycles. The van der Waals surface area contributed by atoms with Crippen molar-refractivity contribution >= 4 is 0 Å². The summed E-state index contributed by atoms with van der Waals surface area (Å²) in [6.45, 7) is 4.97. The molecule has 0 spiro atoms. The molecule has 0 amide bonds. The number of hydrogen-bond acceptors (Lipinski definition) is 3. The first-order valence-corrected chi connectivity index (χ1v) is 6.38. The second-order valence-corrected chi connectivity index (χ2v) is 5.20. The second kappa shape index (κ2) is 5.28. The molecule has 2 saturated heterocycles. The van der Waals surface area contributed by atoms with Crippen molar-refractivity contribution < 1.29 is 0 Å². The van der Waals surface area contributed by atoms with Gasteiger partial charge in [0, 0.05) is 18.6 Å². The molecule has 3 nitrogen and oxygen atoms in total. The van der Waals surface area contributed by atoms with Gasteiger partial charge < -0.3 is 10.2 Å². The molecule has 2 rings (SSSR count). The van der Waals surface area contributed by atoms with E-state index in [4.69, 9.17) is 0 Å². The number of nitrogens with one attached hydrogen (secondary N) is 1. The van der Waals surface area contributed by atoms with Gasteiger partial charge in [-0.1, -0.05) is 0 Å². The Bertz CT molecular complexity index is 187. The number of likely N-dealkylation sites (N-methyl/N-ethyl adjacent to an activating group) is 2. The van der Waals surface area contributed by atoms with Crippen LogP contribution in [-0.4, -0.2) is 62.2 Å². The zero-order chi connectivity index (χ0) is 10.7. The van der Waals surface area contributed by atoms with Crippen LogP contribution in [-0.2, 0) is 0 Å². The SMILES string of the molecule is CN1CCC(N(C)C2CCCNCC2)C1. The van der Waals surface area contributed by atoms with E-state index in [1.54, 1.807) is 0 Å². The van der Waals surface area contributed by atoms with Crippen molar-refractivity contribution in [2.45, 2.75) is 37.8 Å². The lowest BCUT2D eigenvalue weighted by molar-refractivity contribution is 0.162. The molecule has 0 aliphatic carbocycles. The standard InChI is InChI=1S/C12H25N3/c1-14-9-6-12(10-14)15(2)11-4-3-7-13-8-5-11/h11-13H,3-10H2,1-2H3. The molecule has 1 N–H and O–H groups in total. The molecule has 0 radical (unpaired) electrons. The van der Waals surface area contributed by atoms with Crippen molar-refractivity contribution in [3.63, 3.8) is 0 Å². The summed E-state index contributed by atoms with van der Waals surface area (Å²) in [5.41, 5.74) is 0. The largest absolute Gasteiger partial charge is 0.317 e. The van der Waals surface area contributed by atoms with Crippen molar-refractivity contribution in [3.05, 3.63) is 0 Å². The fourth-order valence-corrected chi connectivity index (χ4v) is 2.95. The maximum Gasteiger partial charge on any atom is 0.0235 e. The van der Waals surface area contributed by atoms with Crippen molar-refractivity contribution in [1.82, 2.24) is 15.1 Å². The van der Waals surface area contributed by atoms with Gasteiger partial charge in [0.2, 0.25) is 0 Å². The zero-order valence-corrected chi connectivity index (χ0v) is 10.2. The van der Waals surface area contributed by atoms with Crippen molar-refractivity contribution in [1.29, 1.82) is 0 Å². The van der Waals surface area contributed by atoms with E-state index in [9.17, 15) is 0 Å². The Labute approximate surface area is 93.8 Å². The Morgan fingerprint density at radius 3 is 2.73 bits per heavy atom. The summed E-state index contributed by atoms with van der Waals surface area (Å²) in [6.07, 6.45) is 5.41. The van der Waals surface area contributed by atoms with E-state index < -0.39 is 0 Å². The monoisotopic (exact) mass is 211 g/mol. The molecule has 2 atom stereocenters. The quantitative estimate of drug-likeness (QED) is 0.728. The van der Waals surface area contributed by atoms with Crippen LogP contribution < -0.4 is 5.32 Å². The van der Waals surface area contributed by atoms with Crippen LogP contribution in [0.5, 0.6) is 0 Å². The molecule has 2 unspecified atom stereocenters. The first kappa shape index (κ1) is 11.4. The predicted molar refractivity (Wildman–Crippen MR) is 64.2 cm³/mol. The van der Waals surface area contributed by atoms with Gasteiger partial charge in [0.05, 0.1) is 0 Å². The van der Waals surface area contributed by atoms with E-state index in [1.807, 2.05) is 0 Å². The fourth-order valence-electron chi connectivity index (χ4n) is 2.95. The van der Waals surface area contributed by atoms with Gasteiger partial charge in [-0.3, -0.25) is 4.90 Å². The molecule has 88 valence electrons. The Morgan fingerprint density at radius 2 is 2.00 bits per heavy atom. The third-order valence-corrected chi connectivity index (χ3v) is 4.06. The normalized spacial score (nSPS) is 34.6. The van der Waals surface area contributed by atoms with Crippen LogP contribution in [0.15, 0.2) is 0 Å². The summed E-state index contributed by atoms with van der Waals surface area (Å²) < 4.78 is 0. The van der Waals surface area contributed by atoms with Gasteiger partial charge in [-0.25, -0.2) is 0 Å². The summed E-state index contributed by atoms with van der Waals surface area (Å²) in [5, 5.41) is 3.49.